The Morgan fingerprint density at radius 2 is 1.96 bits per heavy atom. The van der Waals surface area contributed by atoms with E-state index in [0.29, 0.717) is 24.7 Å². The topological polar surface area (TPSA) is 58.1 Å². The summed E-state index contributed by atoms with van der Waals surface area (Å²) in [5, 5.41) is 0. The van der Waals surface area contributed by atoms with Gasteiger partial charge < -0.3 is 9.88 Å². The fraction of sp³-hybridized carbons (Fsp3) is 0.412. The predicted molar refractivity (Wildman–Crippen MR) is 86.3 cm³/mol. The standard InChI is InChI=1S/C17H20FN3O2/c1-12-10-16(22)21(17(23)19-12)9-8-20-7-6-14(11-20)13-2-4-15(18)5-3-13/h2-5,10,14H,6-9,11H2,1H3,(H,19,23). The van der Waals surface area contributed by atoms with Crippen LogP contribution in [0.2, 0.25) is 0 Å². The molecule has 0 bridgehead atoms. The molecule has 2 aromatic rings. The first-order chi connectivity index (χ1) is 11.0. The van der Waals surface area contributed by atoms with E-state index in [4.69, 9.17) is 0 Å². The maximum absolute atomic E-state index is 13.0. The summed E-state index contributed by atoms with van der Waals surface area (Å²) in [5.41, 5.74) is 1.10. The Bertz CT molecular complexity index is 763. The number of aromatic amines is 1. The van der Waals surface area contributed by atoms with Crippen LogP contribution < -0.4 is 11.2 Å². The minimum atomic E-state index is -0.357. The zero-order valence-corrected chi connectivity index (χ0v) is 13.1. The van der Waals surface area contributed by atoms with Crippen molar-refractivity contribution in [3.8, 4) is 0 Å². The van der Waals surface area contributed by atoms with Crippen LogP contribution in [0.25, 0.3) is 0 Å². The van der Waals surface area contributed by atoms with Crippen molar-refractivity contribution < 1.29 is 4.39 Å². The van der Waals surface area contributed by atoms with Crippen LogP contribution >= 0.6 is 0 Å². The molecule has 1 aliphatic heterocycles. The Labute approximate surface area is 133 Å². The normalized spacial score (nSPS) is 18.4. The molecular formula is C17H20FN3O2. The van der Waals surface area contributed by atoms with Gasteiger partial charge in [0.05, 0.1) is 0 Å². The van der Waals surface area contributed by atoms with Crippen LogP contribution in [0.4, 0.5) is 4.39 Å². The molecule has 122 valence electrons. The monoisotopic (exact) mass is 317 g/mol. The van der Waals surface area contributed by atoms with Crippen molar-refractivity contribution in [2.75, 3.05) is 19.6 Å². The van der Waals surface area contributed by atoms with Crippen LogP contribution in [-0.4, -0.2) is 34.1 Å². The van der Waals surface area contributed by atoms with E-state index in [1.54, 1.807) is 6.92 Å². The molecule has 0 spiro atoms. The highest BCUT2D eigenvalue weighted by molar-refractivity contribution is 5.21. The molecule has 1 unspecified atom stereocenters. The van der Waals surface area contributed by atoms with Gasteiger partial charge in [-0.05, 0) is 43.5 Å². The first-order valence-electron chi connectivity index (χ1n) is 7.81. The number of halogens is 1. The SMILES string of the molecule is Cc1cc(=O)n(CCN2CCC(c3ccc(F)cc3)C2)c(=O)[nH]1. The van der Waals surface area contributed by atoms with Crippen molar-refractivity contribution >= 4 is 0 Å². The number of aromatic nitrogens is 2. The van der Waals surface area contributed by atoms with Crippen molar-refractivity contribution in [1.29, 1.82) is 0 Å². The van der Waals surface area contributed by atoms with Gasteiger partial charge in [-0.2, -0.15) is 0 Å². The number of nitrogens with one attached hydrogen (secondary N) is 1. The second-order valence-corrected chi connectivity index (χ2v) is 6.09. The Morgan fingerprint density at radius 1 is 1.22 bits per heavy atom. The second kappa shape index (κ2) is 6.50. The van der Waals surface area contributed by atoms with E-state index in [-0.39, 0.29) is 17.1 Å². The lowest BCUT2D eigenvalue weighted by Crippen LogP contribution is -2.38. The molecule has 1 atom stereocenters. The molecule has 1 aromatic heterocycles. The number of nitrogens with zero attached hydrogens (tertiary/aromatic N) is 2. The van der Waals surface area contributed by atoms with Crippen molar-refractivity contribution in [2.24, 2.45) is 0 Å². The van der Waals surface area contributed by atoms with E-state index in [9.17, 15) is 14.0 Å². The lowest BCUT2D eigenvalue weighted by atomic mass is 9.99. The average molecular weight is 317 g/mol. The molecule has 5 nitrogen and oxygen atoms in total. The average Bonchev–Trinajstić information content (AvgIpc) is 2.96. The van der Waals surface area contributed by atoms with Gasteiger partial charge in [0.2, 0.25) is 0 Å². The first-order valence-corrected chi connectivity index (χ1v) is 7.81. The fourth-order valence-corrected chi connectivity index (χ4v) is 3.13. The smallest absolute Gasteiger partial charge is 0.311 e. The van der Waals surface area contributed by atoms with E-state index in [0.717, 1.165) is 25.1 Å². The van der Waals surface area contributed by atoms with E-state index in [1.807, 2.05) is 12.1 Å². The highest BCUT2D eigenvalue weighted by Gasteiger charge is 2.23. The van der Waals surface area contributed by atoms with Gasteiger partial charge in [0.1, 0.15) is 5.82 Å². The molecule has 0 amide bonds. The van der Waals surface area contributed by atoms with Crippen molar-refractivity contribution in [2.45, 2.75) is 25.8 Å². The van der Waals surface area contributed by atoms with Crippen LogP contribution in [-0.2, 0) is 6.54 Å². The number of hydrogen-bond donors (Lipinski definition) is 1. The molecule has 1 saturated heterocycles. The van der Waals surface area contributed by atoms with E-state index >= 15 is 0 Å². The molecule has 1 aromatic carbocycles. The van der Waals surface area contributed by atoms with Crippen LogP contribution in [0.5, 0.6) is 0 Å². The van der Waals surface area contributed by atoms with Crippen LogP contribution in [0.1, 0.15) is 23.6 Å². The van der Waals surface area contributed by atoms with Crippen LogP contribution in [0.3, 0.4) is 0 Å². The first kappa shape index (κ1) is 15.7. The highest BCUT2D eigenvalue weighted by Crippen LogP contribution is 2.26. The summed E-state index contributed by atoms with van der Waals surface area (Å²) >= 11 is 0. The van der Waals surface area contributed by atoms with Gasteiger partial charge in [-0.3, -0.25) is 9.36 Å². The molecule has 0 radical (unpaired) electrons. The van der Waals surface area contributed by atoms with Crippen molar-refractivity contribution in [3.63, 3.8) is 0 Å². The van der Waals surface area contributed by atoms with Gasteiger partial charge in [0.15, 0.2) is 0 Å². The summed E-state index contributed by atoms with van der Waals surface area (Å²) in [5.74, 6) is 0.158. The minimum absolute atomic E-state index is 0.221. The number of rotatable bonds is 4. The van der Waals surface area contributed by atoms with Gasteiger partial charge in [-0.25, -0.2) is 9.18 Å². The number of benzene rings is 1. The van der Waals surface area contributed by atoms with Crippen LogP contribution in [0.15, 0.2) is 39.9 Å². The summed E-state index contributed by atoms with van der Waals surface area (Å²) < 4.78 is 14.2. The molecule has 1 fully saturated rings. The molecule has 0 aliphatic carbocycles. The third kappa shape index (κ3) is 3.59. The molecule has 1 N–H and O–H groups in total. The number of aryl methyl sites for hydroxylation is 1. The Morgan fingerprint density at radius 3 is 2.65 bits per heavy atom. The zero-order chi connectivity index (χ0) is 16.4. The number of likely N-dealkylation sites (tertiary alicyclic amines) is 1. The number of hydrogen-bond acceptors (Lipinski definition) is 3. The van der Waals surface area contributed by atoms with Crippen LogP contribution in [0, 0.1) is 12.7 Å². The van der Waals surface area contributed by atoms with Crippen molar-refractivity contribution in [1.82, 2.24) is 14.5 Å². The summed E-state index contributed by atoms with van der Waals surface area (Å²) in [6.45, 7) is 4.51. The Hall–Kier alpha value is -2.21. The predicted octanol–water partition coefficient (Wildman–Crippen LogP) is 1.47. The lowest BCUT2D eigenvalue weighted by Gasteiger charge is -2.16. The minimum Gasteiger partial charge on any atom is -0.311 e. The van der Waals surface area contributed by atoms with Gasteiger partial charge in [0.25, 0.3) is 5.56 Å². The lowest BCUT2D eigenvalue weighted by molar-refractivity contribution is 0.314. The van der Waals surface area contributed by atoms with Crippen molar-refractivity contribution in [3.05, 3.63) is 68.2 Å². The molecule has 0 saturated carbocycles. The van der Waals surface area contributed by atoms with E-state index < -0.39 is 0 Å². The summed E-state index contributed by atoms with van der Waals surface area (Å²) in [6.07, 6.45) is 1.00. The summed E-state index contributed by atoms with van der Waals surface area (Å²) in [6, 6.07) is 8.08. The summed E-state index contributed by atoms with van der Waals surface area (Å²) in [4.78, 5) is 28.6. The van der Waals surface area contributed by atoms with E-state index in [1.165, 1.54) is 22.8 Å². The maximum Gasteiger partial charge on any atom is 0.328 e. The Balaban J connectivity index is 1.62. The zero-order valence-electron chi connectivity index (χ0n) is 13.1. The molecule has 3 rings (SSSR count). The van der Waals surface area contributed by atoms with Gasteiger partial charge >= 0.3 is 5.69 Å². The molecule has 6 heteroatoms. The third-order valence-electron chi connectivity index (χ3n) is 4.41. The summed E-state index contributed by atoms with van der Waals surface area (Å²) in [7, 11) is 0. The largest absolute Gasteiger partial charge is 0.328 e. The second-order valence-electron chi connectivity index (χ2n) is 6.09. The fourth-order valence-electron chi connectivity index (χ4n) is 3.13. The quantitative estimate of drug-likeness (QED) is 0.929. The maximum atomic E-state index is 13.0. The highest BCUT2D eigenvalue weighted by atomic mass is 19.1. The van der Waals surface area contributed by atoms with E-state index in [2.05, 4.69) is 9.88 Å². The van der Waals surface area contributed by atoms with Gasteiger partial charge in [0, 0.05) is 31.4 Å². The Kier molecular flexibility index (Phi) is 4.43. The van der Waals surface area contributed by atoms with Gasteiger partial charge in [-0.15, -0.1) is 0 Å². The molecule has 1 aliphatic rings. The molecular weight excluding hydrogens is 297 g/mol. The molecule has 2 heterocycles. The number of H-pyrrole nitrogens is 1. The third-order valence-corrected chi connectivity index (χ3v) is 4.41. The molecule has 23 heavy (non-hydrogen) atoms. The van der Waals surface area contributed by atoms with Gasteiger partial charge in [-0.1, -0.05) is 12.1 Å².